The maximum atomic E-state index is 13.4. The van der Waals surface area contributed by atoms with Crippen molar-refractivity contribution in [3.8, 4) is 5.75 Å². The van der Waals surface area contributed by atoms with Crippen molar-refractivity contribution in [1.29, 1.82) is 0 Å². The number of benzene rings is 2. The average molecular weight is 389 g/mol. The summed E-state index contributed by atoms with van der Waals surface area (Å²) in [6.07, 6.45) is 13.1. The molecule has 5 nitrogen and oxygen atoms in total. The van der Waals surface area contributed by atoms with E-state index in [0.29, 0.717) is 17.2 Å². The number of nitrogens with zero attached hydrogens (tertiary/aromatic N) is 4. The fourth-order valence-electron chi connectivity index (χ4n) is 3.94. The highest BCUT2D eigenvalue weighted by molar-refractivity contribution is 5.82. The molecule has 1 aliphatic carbocycles. The summed E-state index contributed by atoms with van der Waals surface area (Å²) in [5.74, 6) is 0.503. The summed E-state index contributed by atoms with van der Waals surface area (Å²) < 4.78 is 19.8. The Morgan fingerprint density at radius 1 is 1.10 bits per heavy atom. The van der Waals surface area contributed by atoms with Crippen molar-refractivity contribution < 1.29 is 13.7 Å². The van der Waals surface area contributed by atoms with E-state index in [4.69, 9.17) is 4.74 Å². The Morgan fingerprint density at radius 2 is 2.00 bits per heavy atom. The lowest BCUT2D eigenvalue weighted by Crippen LogP contribution is -2.61. The normalized spacial score (nSPS) is 22.2. The van der Waals surface area contributed by atoms with Gasteiger partial charge in [0, 0.05) is 6.07 Å². The Bertz CT molecular complexity index is 1040. The molecule has 1 unspecified atom stereocenters. The van der Waals surface area contributed by atoms with E-state index in [9.17, 15) is 4.39 Å². The quantitative estimate of drug-likeness (QED) is 0.657. The van der Waals surface area contributed by atoms with Gasteiger partial charge in [-0.2, -0.15) is 0 Å². The first-order valence-electron chi connectivity index (χ1n) is 9.86. The minimum Gasteiger partial charge on any atom is -0.489 e. The van der Waals surface area contributed by atoms with Gasteiger partial charge in [-0.15, -0.1) is 4.59 Å². The maximum Gasteiger partial charge on any atom is 0.225 e. The van der Waals surface area contributed by atoms with E-state index >= 15 is 0 Å². The molecule has 0 bridgehead atoms. The Morgan fingerprint density at radius 3 is 2.83 bits per heavy atom. The van der Waals surface area contributed by atoms with Crippen LogP contribution in [-0.2, 0) is 6.61 Å². The van der Waals surface area contributed by atoms with Crippen molar-refractivity contribution in [3.05, 3.63) is 84.2 Å². The van der Waals surface area contributed by atoms with Crippen LogP contribution in [0.15, 0.2) is 82.8 Å². The number of allylic oxidation sites excluding steroid dienone is 1. The molecular formula is C23H22FN4O+. The van der Waals surface area contributed by atoms with Crippen LogP contribution in [0.2, 0.25) is 0 Å². The lowest BCUT2D eigenvalue weighted by atomic mass is 9.91. The van der Waals surface area contributed by atoms with Gasteiger partial charge >= 0.3 is 0 Å². The highest BCUT2D eigenvalue weighted by atomic mass is 19.1. The number of ether oxygens (including phenoxy) is 1. The van der Waals surface area contributed by atoms with Crippen LogP contribution in [0.1, 0.15) is 24.8 Å². The molecule has 0 N–H and O–H groups in total. The van der Waals surface area contributed by atoms with E-state index in [1.165, 1.54) is 18.6 Å². The fraction of sp³-hybridized carbons (Fsp3) is 0.217. The van der Waals surface area contributed by atoms with Crippen LogP contribution in [0.25, 0.3) is 0 Å². The topological polar surface area (TPSA) is 37.2 Å². The molecule has 0 amide bonds. The number of hydrogen-bond donors (Lipinski definition) is 0. The van der Waals surface area contributed by atoms with Crippen LogP contribution in [0, 0.1) is 5.82 Å². The standard InChI is InChI=1S/C23H22FN4O/c24-19-5-1-4-18(12-19)16-29-23-9-3-8-21(13-23)27(20-6-2-7-20)28-11-10-25-14-22(28)15-26-17-28/h1,3-5,8-15,17,20H,2,6-7,16H2/q+1. The second kappa shape index (κ2) is 7.29. The summed E-state index contributed by atoms with van der Waals surface area (Å²) in [7, 11) is 0. The van der Waals surface area contributed by atoms with E-state index in [1.54, 1.807) is 6.07 Å². The summed E-state index contributed by atoms with van der Waals surface area (Å²) in [5, 5.41) is 2.38. The molecule has 0 radical (unpaired) electrons. The number of halogens is 1. The van der Waals surface area contributed by atoms with Gasteiger partial charge in [0.15, 0.2) is 6.20 Å². The zero-order chi connectivity index (χ0) is 19.7. The first kappa shape index (κ1) is 17.8. The number of anilines is 1. The largest absolute Gasteiger partial charge is 0.489 e. The molecule has 146 valence electrons. The molecule has 2 heterocycles. The molecule has 0 aromatic heterocycles. The number of rotatable bonds is 6. The van der Waals surface area contributed by atoms with Gasteiger partial charge in [-0.05, 0) is 49.1 Å². The molecule has 6 heteroatoms. The monoisotopic (exact) mass is 389 g/mol. The van der Waals surface area contributed by atoms with Crippen molar-refractivity contribution in [3.63, 3.8) is 0 Å². The van der Waals surface area contributed by atoms with Crippen LogP contribution >= 0.6 is 0 Å². The summed E-state index contributed by atoms with van der Waals surface area (Å²) >= 11 is 0. The molecule has 5 rings (SSSR count). The van der Waals surface area contributed by atoms with E-state index < -0.39 is 0 Å². The van der Waals surface area contributed by atoms with Crippen molar-refractivity contribution in [2.75, 3.05) is 5.01 Å². The molecule has 0 saturated heterocycles. The fourth-order valence-corrected chi connectivity index (χ4v) is 3.94. The first-order valence-corrected chi connectivity index (χ1v) is 9.86. The molecule has 1 saturated carbocycles. The molecule has 1 fully saturated rings. The number of quaternary nitrogens is 1. The van der Waals surface area contributed by atoms with E-state index in [-0.39, 0.29) is 5.82 Å². The molecule has 1 atom stereocenters. The Balaban J connectivity index is 1.44. The highest BCUT2D eigenvalue weighted by Gasteiger charge is 2.46. The second-order valence-corrected chi connectivity index (χ2v) is 7.48. The van der Waals surface area contributed by atoms with Crippen LogP contribution in [0.3, 0.4) is 0 Å². The Hall–Kier alpha value is -3.25. The summed E-state index contributed by atoms with van der Waals surface area (Å²) in [4.78, 5) is 8.71. The lowest BCUT2D eigenvalue weighted by Gasteiger charge is -2.46. The van der Waals surface area contributed by atoms with Gasteiger partial charge in [0.2, 0.25) is 12.0 Å². The number of fused-ring (bicyclic) bond motifs is 1. The third-order valence-electron chi connectivity index (χ3n) is 5.60. The summed E-state index contributed by atoms with van der Waals surface area (Å²) in [5.41, 5.74) is 2.89. The zero-order valence-electron chi connectivity index (χ0n) is 16.0. The third kappa shape index (κ3) is 3.25. The smallest absolute Gasteiger partial charge is 0.225 e. The van der Waals surface area contributed by atoms with Gasteiger partial charge in [-0.25, -0.2) is 14.4 Å². The zero-order valence-corrected chi connectivity index (χ0v) is 16.0. The van der Waals surface area contributed by atoms with Crippen molar-refractivity contribution in [1.82, 2.24) is 0 Å². The lowest BCUT2D eigenvalue weighted by molar-refractivity contribution is -0.746. The molecule has 29 heavy (non-hydrogen) atoms. The van der Waals surface area contributed by atoms with Gasteiger partial charge in [0.05, 0.1) is 30.3 Å². The van der Waals surface area contributed by atoms with E-state index in [0.717, 1.165) is 35.5 Å². The minimum absolute atomic E-state index is 0.252. The number of hydrogen-bond acceptors (Lipinski definition) is 4. The van der Waals surface area contributed by atoms with Crippen molar-refractivity contribution >= 4 is 18.2 Å². The van der Waals surface area contributed by atoms with Gasteiger partial charge in [0.1, 0.15) is 18.2 Å². The van der Waals surface area contributed by atoms with Crippen LogP contribution in [0.5, 0.6) is 5.75 Å². The molecule has 2 aliphatic heterocycles. The predicted molar refractivity (Wildman–Crippen MR) is 112 cm³/mol. The highest BCUT2D eigenvalue weighted by Crippen LogP contribution is 2.39. The third-order valence-corrected chi connectivity index (χ3v) is 5.60. The van der Waals surface area contributed by atoms with Gasteiger partial charge in [-0.3, -0.25) is 4.99 Å². The van der Waals surface area contributed by atoms with E-state index in [1.807, 2.05) is 49.2 Å². The molecule has 3 aliphatic rings. The van der Waals surface area contributed by atoms with Gasteiger partial charge in [-0.1, -0.05) is 18.2 Å². The summed E-state index contributed by atoms with van der Waals surface area (Å²) in [6, 6.07) is 15.0. The SMILES string of the molecule is Fc1cccc(COc2cccc(N(C3CCC3)[N+]34C=CN=CC3=CN=C4)c2)c1. The molecule has 2 aromatic rings. The minimum atomic E-state index is -0.252. The second-order valence-electron chi connectivity index (χ2n) is 7.48. The Kier molecular flexibility index (Phi) is 4.48. The first-order chi connectivity index (χ1) is 14.2. The van der Waals surface area contributed by atoms with Crippen molar-refractivity contribution in [2.45, 2.75) is 31.9 Å². The summed E-state index contributed by atoms with van der Waals surface area (Å²) in [6.45, 7) is 0.323. The maximum absolute atomic E-state index is 13.4. The van der Waals surface area contributed by atoms with Crippen LogP contribution < -0.4 is 9.75 Å². The van der Waals surface area contributed by atoms with Gasteiger partial charge < -0.3 is 4.74 Å². The molecule has 2 aromatic carbocycles. The van der Waals surface area contributed by atoms with E-state index in [2.05, 4.69) is 27.3 Å². The predicted octanol–water partition coefficient (Wildman–Crippen LogP) is 4.93. The molecule has 0 spiro atoms. The molecular weight excluding hydrogens is 367 g/mol. The Labute approximate surface area is 169 Å². The van der Waals surface area contributed by atoms with Crippen LogP contribution in [0.4, 0.5) is 10.1 Å². The average Bonchev–Trinajstić information content (AvgIpc) is 3.14. The van der Waals surface area contributed by atoms with Crippen molar-refractivity contribution in [2.24, 2.45) is 9.98 Å². The van der Waals surface area contributed by atoms with Crippen LogP contribution in [-0.4, -0.2) is 23.2 Å². The number of aliphatic imine (C=N–C) groups is 2. The van der Waals surface area contributed by atoms with Gasteiger partial charge in [0.25, 0.3) is 0 Å².